The van der Waals surface area contributed by atoms with E-state index < -0.39 is 0 Å². The molecule has 66 valence electrons. The number of nitrogens with zero attached hydrogens (tertiary/aromatic N) is 2. The largest absolute Gasteiger partial charge is 0.504 e. The number of aromatic hydroxyl groups is 1. The van der Waals surface area contributed by atoms with E-state index in [0.29, 0.717) is 12.1 Å². The monoisotopic (exact) mass is 174 g/mol. The summed E-state index contributed by atoms with van der Waals surface area (Å²) < 4.78 is 1.78. The topological polar surface area (TPSA) is 37.5 Å². The molecule has 0 saturated heterocycles. The molecule has 0 radical (unpaired) electrons. The van der Waals surface area contributed by atoms with Gasteiger partial charge in [0.15, 0.2) is 11.4 Å². The van der Waals surface area contributed by atoms with Crippen molar-refractivity contribution in [3.63, 3.8) is 0 Å². The van der Waals surface area contributed by atoms with Crippen LogP contribution in [0.15, 0.2) is 37.3 Å². The van der Waals surface area contributed by atoms with Crippen molar-refractivity contribution in [3.8, 4) is 5.75 Å². The highest BCUT2D eigenvalue weighted by Crippen LogP contribution is 2.22. The van der Waals surface area contributed by atoms with Crippen molar-refractivity contribution in [2.45, 2.75) is 6.42 Å². The summed E-state index contributed by atoms with van der Waals surface area (Å²) in [6, 6.07) is 1.87. The molecular formula is C10H10N2O. The summed E-state index contributed by atoms with van der Waals surface area (Å²) in [5.41, 5.74) is 1.45. The lowest BCUT2D eigenvalue weighted by Gasteiger charge is -2.02. The summed E-state index contributed by atoms with van der Waals surface area (Å²) in [4.78, 5) is 4.04. The fourth-order valence-corrected chi connectivity index (χ4v) is 1.33. The van der Waals surface area contributed by atoms with Gasteiger partial charge >= 0.3 is 0 Å². The van der Waals surface area contributed by atoms with Gasteiger partial charge < -0.3 is 9.51 Å². The summed E-state index contributed by atoms with van der Waals surface area (Å²) in [6.07, 6.45) is 7.75. The molecule has 3 nitrogen and oxygen atoms in total. The first-order chi connectivity index (χ1) is 6.33. The first kappa shape index (κ1) is 7.86. The molecular weight excluding hydrogens is 164 g/mol. The van der Waals surface area contributed by atoms with Crippen LogP contribution >= 0.6 is 0 Å². The van der Waals surface area contributed by atoms with Gasteiger partial charge in [-0.3, -0.25) is 0 Å². The Bertz CT molecular complexity index is 445. The Morgan fingerprint density at radius 1 is 1.54 bits per heavy atom. The van der Waals surface area contributed by atoms with E-state index in [1.807, 2.05) is 12.3 Å². The summed E-state index contributed by atoms with van der Waals surface area (Å²) >= 11 is 0. The zero-order valence-electron chi connectivity index (χ0n) is 7.14. The number of aromatic nitrogens is 2. The Labute approximate surface area is 76.0 Å². The Hall–Kier alpha value is -1.77. The minimum absolute atomic E-state index is 0.243. The molecule has 0 aromatic carbocycles. The second-order valence-electron chi connectivity index (χ2n) is 2.84. The van der Waals surface area contributed by atoms with E-state index in [-0.39, 0.29) is 5.75 Å². The molecule has 0 aliphatic carbocycles. The minimum atomic E-state index is 0.243. The smallest absolute Gasteiger partial charge is 0.179 e. The molecule has 0 amide bonds. The standard InChI is InChI=1S/C10H10N2O/c1-2-3-8-4-6-12-7-5-11-10(12)9(8)13/h2,4-7,13H,1,3H2. The quantitative estimate of drug-likeness (QED) is 0.704. The highest BCUT2D eigenvalue weighted by atomic mass is 16.3. The predicted molar refractivity (Wildman–Crippen MR) is 50.8 cm³/mol. The average Bonchev–Trinajstić information content (AvgIpc) is 2.58. The van der Waals surface area contributed by atoms with Crippen LogP contribution in [-0.4, -0.2) is 14.5 Å². The van der Waals surface area contributed by atoms with Gasteiger partial charge in [0.1, 0.15) is 0 Å². The van der Waals surface area contributed by atoms with Gasteiger partial charge in [-0.1, -0.05) is 6.08 Å². The van der Waals surface area contributed by atoms with Gasteiger partial charge in [-0.25, -0.2) is 4.98 Å². The maximum absolute atomic E-state index is 9.74. The van der Waals surface area contributed by atoms with Crippen molar-refractivity contribution in [1.29, 1.82) is 0 Å². The van der Waals surface area contributed by atoms with E-state index in [1.165, 1.54) is 0 Å². The Kier molecular flexibility index (Phi) is 1.77. The molecule has 3 heteroatoms. The van der Waals surface area contributed by atoms with Crippen LogP contribution in [0.4, 0.5) is 0 Å². The second-order valence-corrected chi connectivity index (χ2v) is 2.84. The molecule has 2 aromatic heterocycles. The van der Waals surface area contributed by atoms with E-state index in [2.05, 4.69) is 11.6 Å². The molecule has 1 N–H and O–H groups in total. The van der Waals surface area contributed by atoms with Crippen LogP contribution in [0.25, 0.3) is 5.65 Å². The van der Waals surface area contributed by atoms with Crippen molar-refractivity contribution in [1.82, 2.24) is 9.38 Å². The molecule has 0 atom stereocenters. The normalized spacial score (nSPS) is 10.5. The van der Waals surface area contributed by atoms with Crippen LogP contribution in [0.3, 0.4) is 0 Å². The molecule has 0 bridgehead atoms. The van der Waals surface area contributed by atoms with Crippen LogP contribution in [-0.2, 0) is 6.42 Å². The molecule has 0 fully saturated rings. The lowest BCUT2D eigenvalue weighted by molar-refractivity contribution is 0.472. The fraction of sp³-hybridized carbons (Fsp3) is 0.100. The zero-order valence-corrected chi connectivity index (χ0v) is 7.14. The second kappa shape index (κ2) is 2.94. The maximum atomic E-state index is 9.74. The van der Waals surface area contributed by atoms with Crippen molar-refractivity contribution in [2.24, 2.45) is 0 Å². The number of imidazole rings is 1. The first-order valence-electron chi connectivity index (χ1n) is 4.07. The molecule has 0 aliphatic rings. The number of pyridine rings is 1. The molecule has 0 saturated carbocycles. The van der Waals surface area contributed by atoms with Crippen molar-refractivity contribution in [2.75, 3.05) is 0 Å². The van der Waals surface area contributed by atoms with Gasteiger partial charge in [0.05, 0.1) is 0 Å². The molecule has 0 unspecified atom stereocenters. The molecule has 0 aliphatic heterocycles. The number of allylic oxidation sites excluding steroid dienone is 1. The van der Waals surface area contributed by atoms with Gasteiger partial charge in [-0.15, -0.1) is 6.58 Å². The Balaban J connectivity index is 2.65. The molecule has 13 heavy (non-hydrogen) atoms. The predicted octanol–water partition coefficient (Wildman–Crippen LogP) is 1.77. The van der Waals surface area contributed by atoms with Crippen LogP contribution < -0.4 is 0 Å². The van der Waals surface area contributed by atoms with Crippen molar-refractivity contribution < 1.29 is 5.11 Å². The van der Waals surface area contributed by atoms with Gasteiger partial charge in [0.2, 0.25) is 0 Å². The number of rotatable bonds is 2. The number of hydrogen-bond donors (Lipinski definition) is 1. The van der Waals surface area contributed by atoms with E-state index in [4.69, 9.17) is 0 Å². The summed E-state index contributed by atoms with van der Waals surface area (Å²) in [7, 11) is 0. The zero-order chi connectivity index (χ0) is 9.26. The SMILES string of the molecule is C=CCc1ccn2ccnc2c1O. The van der Waals surface area contributed by atoms with Gasteiger partial charge in [0.25, 0.3) is 0 Å². The van der Waals surface area contributed by atoms with E-state index >= 15 is 0 Å². The molecule has 2 heterocycles. The summed E-state index contributed by atoms with van der Waals surface area (Å²) in [5, 5.41) is 9.74. The van der Waals surface area contributed by atoms with E-state index in [9.17, 15) is 5.11 Å². The fourth-order valence-electron chi connectivity index (χ4n) is 1.33. The van der Waals surface area contributed by atoms with E-state index in [1.54, 1.807) is 22.9 Å². The molecule has 2 aromatic rings. The van der Waals surface area contributed by atoms with Crippen molar-refractivity contribution >= 4 is 5.65 Å². The number of fused-ring (bicyclic) bond motifs is 1. The third-order valence-electron chi connectivity index (χ3n) is 1.99. The van der Waals surface area contributed by atoms with Crippen molar-refractivity contribution in [3.05, 3.63) is 42.9 Å². The lowest BCUT2D eigenvalue weighted by Crippen LogP contribution is -1.88. The summed E-state index contributed by atoms with van der Waals surface area (Å²) in [5.74, 6) is 0.243. The van der Waals surface area contributed by atoms with Crippen LogP contribution in [0, 0.1) is 0 Å². The lowest BCUT2D eigenvalue weighted by atomic mass is 10.2. The Morgan fingerprint density at radius 2 is 2.38 bits per heavy atom. The first-order valence-corrected chi connectivity index (χ1v) is 4.07. The minimum Gasteiger partial charge on any atom is -0.504 e. The number of hydrogen-bond acceptors (Lipinski definition) is 2. The Morgan fingerprint density at radius 3 is 3.15 bits per heavy atom. The highest BCUT2D eigenvalue weighted by Gasteiger charge is 2.05. The highest BCUT2D eigenvalue weighted by molar-refractivity contribution is 5.57. The van der Waals surface area contributed by atoms with Gasteiger partial charge in [-0.05, 0) is 12.5 Å². The third kappa shape index (κ3) is 1.18. The van der Waals surface area contributed by atoms with Gasteiger partial charge in [0, 0.05) is 24.2 Å². The maximum Gasteiger partial charge on any atom is 0.179 e. The average molecular weight is 174 g/mol. The molecule has 0 spiro atoms. The van der Waals surface area contributed by atoms with Crippen LogP contribution in [0.1, 0.15) is 5.56 Å². The third-order valence-corrected chi connectivity index (χ3v) is 1.99. The van der Waals surface area contributed by atoms with Gasteiger partial charge in [-0.2, -0.15) is 0 Å². The summed E-state index contributed by atoms with van der Waals surface area (Å²) in [6.45, 7) is 3.63. The van der Waals surface area contributed by atoms with Crippen LogP contribution in [0.5, 0.6) is 5.75 Å². The van der Waals surface area contributed by atoms with E-state index in [0.717, 1.165) is 5.56 Å². The van der Waals surface area contributed by atoms with Crippen LogP contribution in [0.2, 0.25) is 0 Å². The molecule has 2 rings (SSSR count).